The first-order chi connectivity index (χ1) is 25.2. The summed E-state index contributed by atoms with van der Waals surface area (Å²) >= 11 is 0. The minimum Gasteiger partial charge on any atom is -0.445 e. The lowest BCUT2D eigenvalue weighted by molar-refractivity contribution is -0.290. The number of carbonyl (C=O) groups excluding carboxylic acids is 1. The van der Waals surface area contributed by atoms with Crippen molar-refractivity contribution in [1.82, 2.24) is 5.32 Å². The zero-order valence-electron chi connectivity index (χ0n) is 28.6. The molecule has 0 radical (unpaired) electrons. The maximum absolute atomic E-state index is 13.5. The van der Waals surface area contributed by atoms with Crippen LogP contribution in [0.15, 0.2) is 152 Å². The summed E-state index contributed by atoms with van der Waals surface area (Å²) < 4.78 is 38.5. The van der Waals surface area contributed by atoms with Crippen molar-refractivity contribution in [3.63, 3.8) is 0 Å². The van der Waals surface area contributed by atoms with Crippen LogP contribution in [0.5, 0.6) is 0 Å². The van der Waals surface area contributed by atoms with Crippen molar-refractivity contribution in [2.45, 2.75) is 63.5 Å². The van der Waals surface area contributed by atoms with Gasteiger partial charge in [-0.25, -0.2) is 4.79 Å². The molecule has 0 aliphatic carbocycles. The van der Waals surface area contributed by atoms with E-state index in [9.17, 15) is 4.79 Å². The zero-order valence-corrected chi connectivity index (χ0v) is 28.6. The lowest BCUT2D eigenvalue weighted by atomic mass is 9.96. The van der Waals surface area contributed by atoms with Crippen LogP contribution in [0, 0.1) is 0 Å². The fourth-order valence-corrected chi connectivity index (χ4v) is 5.97. The van der Waals surface area contributed by atoms with Gasteiger partial charge < -0.3 is 33.7 Å². The van der Waals surface area contributed by atoms with Crippen LogP contribution in [0.4, 0.5) is 4.79 Å². The highest BCUT2D eigenvalue weighted by molar-refractivity contribution is 5.67. The molecule has 51 heavy (non-hydrogen) atoms. The molecule has 1 fully saturated rings. The van der Waals surface area contributed by atoms with Gasteiger partial charge in [0.05, 0.1) is 33.0 Å². The van der Waals surface area contributed by atoms with E-state index in [0.29, 0.717) is 26.2 Å². The fourth-order valence-electron chi connectivity index (χ4n) is 5.97. The Morgan fingerprint density at radius 1 is 0.529 bits per heavy atom. The Kier molecular flexibility index (Phi) is 13.8. The van der Waals surface area contributed by atoms with Gasteiger partial charge in [-0.15, -0.1) is 0 Å². The molecule has 8 nitrogen and oxygen atoms in total. The Morgan fingerprint density at radius 2 is 0.980 bits per heavy atom. The van der Waals surface area contributed by atoms with Gasteiger partial charge in [-0.3, -0.25) is 0 Å². The number of hydrogen-bond donors (Lipinski definition) is 1. The highest BCUT2D eigenvalue weighted by Gasteiger charge is 2.49. The van der Waals surface area contributed by atoms with Gasteiger partial charge in [0.2, 0.25) is 0 Å². The van der Waals surface area contributed by atoms with E-state index in [1.54, 1.807) is 0 Å². The van der Waals surface area contributed by atoms with E-state index in [-0.39, 0.29) is 19.8 Å². The van der Waals surface area contributed by atoms with Crippen LogP contribution >= 0.6 is 0 Å². The maximum Gasteiger partial charge on any atom is 0.407 e. The van der Waals surface area contributed by atoms with E-state index in [1.165, 1.54) is 0 Å². The van der Waals surface area contributed by atoms with Crippen LogP contribution < -0.4 is 5.32 Å². The highest BCUT2D eigenvalue weighted by Crippen LogP contribution is 2.30. The van der Waals surface area contributed by atoms with Crippen molar-refractivity contribution < 1.29 is 33.2 Å². The number of nitrogens with one attached hydrogen (secondary N) is 1. The molecule has 0 bridgehead atoms. The first-order valence-corrected chi connectivity index (χ1v) is 17.4. The first-order valence-electron chi connectivity index (χ1n) is 17.4. The predicted molar refractivity (Wildman–Crippen MR) is 194 cm³/mol. The molecule has 0 unspecified atom stereocenters. The standard InChI is InChI=1S/C43H45NO7/c45-43(50-31-37-24-14-5-15-25-37)44-39-41(49-30-36-22-12-4-13-23-36)40(48-29-35-20-10-3-11-21-35)38(32-46-28-34-18-8-2-9-19-34)51-42(39)47-27-26-33-16-6-1-7-17-33/h1-25,38-42H,26-32H2,(H,44,45)/t38-,39-,40-,41-,42+/m1/s1. The van der Waals surface area contributed by atoms with Gasteiger partial charge in [0, 0.05) is 0 Å². The molecular weight excluding hydrogens is 642 g/mol. The summed E-state index contributed by atoms with van der Waals surface area (Å²) in [4.78, 5) is 13.5. The van der Waals surface area contributed by atoms with E-state index >= 15 is 0 Å². The van der Waals surface area contributed by atoms with Gasteiger partial charge in [0.25, 0.3) is 0 Å². The Bertz CT molecular complexity index is 1690. The Morgan fingerprint density at radius 3 is 1.51 bits per heavy atom. The van der Waals surface area contributed by atoms with E-state index in [4.69, 9.17) is 28.4 Å². The van der Waals surface area contributed by atoms with Crippen molar-refractivity contribution >= 4 is 6.09 Å². The number of ether oxygens (including phenoxy) is 6. The summed E-state index contributed by atoms with van der Waals surface area (Å²) in [5.41, 5.74) is 5.03. The SMILES string of the molecule is O=C(N[C@H]1[C@@H](OCCc2ccccc2)O[C@H](COCc2ccccc2)[C@@H](OCc2ccccc2)[C@@H]1OCc1ccccc1)OCc1ccccc1. The number of amides is 1. The molecule has 0 saturated carbocycles. The van der Waals surface area contributed by atoms with Gasteiger partial charge >= 0.3 is 6.09 Å². The zero-order chi connectivity index (χ0) is 34.9. The van der Waals surface area contributed by atoms with E-state index in [0.717, 1.165) is 27.8 Å². The summed E-state index contributed by atoms with van der Waals surface area (Å²) in [5, 5.41) is 3.05. The number of benzene rings is 5. The van der Waals surface area contributed by atoms with Crippen molar-refractivity contribution in [2.24, 2.45) is 0 Å². The molecule has 1 aliphatic heterocycles. The van der Waals surface area contributed by atoms with Crippen molar-refractivity contribution in [1.29, 1.82) is 0 Å². The number of carbonyl (C=O) groups is 1. The first kappa shape index (κ1) is 36.0. The number of hydrogen-bond acceptors (Lipinski definition) is 7. The summed E-state index contributed by atoms with van der Waals surface area (Å²) in [6.45, 7) is 1.66. The van der Waals surface area contributed by atoms with Gasteiger partial charge in [0.1, 0.15) is 31.0 Å². The van der Waals surface area contributed by atoms with Crippen LogP contribution in [-0.4, -0.2) is 50.0 Å². The summed E-state index contributed by atoms with van der Waals surface area (Å²) in [5.74, 6) is 0. The Hall–Kier alpha value is -4.83. The molecule has 0 spiro atoms. The largest absolute Gasteiger partial charge is 0.445 e. The van der Waals surface area contributed by atoms with Crippen molar-refractivity contribution in [2.75, 3.05) is 13.2 Å². The van der Waals surface area contributed by atoms with Crippen LogP contribution in [0.1, 0.15) is 27.8 Å². The van der Waals surface area contributed by atoms with Crippen LogP contribution in [0.3, 0.4) is 0 Å². The number of rotatable bonds is 17. The summed E-state index contributed by atoms with van der Waals surface area (Å²) in [7, 11) is 0. The van der Waals surface area contributed by atoms with Crippen LogP contribution in [0.2, 0.25) is 0 Å². The minimum absolute atomic E-state index is 0.110. The highest BCUT2D eigenvalue weighted by atomic mass is 16.7. The molecule has 1 N–H and O–H groups in total. The second-order valence-corrected chi connectivity index (χ2v) is 12.4. The summed E-state index contributed by atoms with van der Waals surface area (Å²) in [6, 6.07) is 48.7. The Labute approximate surface area is 300 Å². The molecule has 8 heteroatoms. The minimum atomic E-state index is -0.888. The quantitative estimate of drug-likeness (QED) is 0.108. The van der Waals surface area contributed by atoms with E-state index < -0.39 is 36.7 Å². The van der Waals surface area contributed by atoms with Crippen LogP contribution in [-0.2, 0) is 61.3 Å². The molecule has 6 rings (SSSR count). The molecular formula is C43H45NO7. The molecule has 264 valence electrons. The smallest absolute Gasteiger partial charge is 0.407 e. The maximum atomic E-state index is 13.5. The van der Waals surface area contributed by atoms with E-state index in [1.807, 2.05) is 140 Å². The third-order valence-electron chi connectivity index (χ3n) is 8.62. The monoisotopic (exact) mass is 687 g/mol. The topological polar surface area (TPSA) is 84.5 Å². The third-order valence-corrected chi connectivity index (χ3v) is 8.62. The third kappa shape index (κ3) is 11.3. The number of alkyl carbamates (subject to hydrolysis) is 1. The second-order valence-electron chi connectivity index (χ2n) is 12.4. The molecule has 5 aromatic rings. The average Bonchev–Trinajstić information content (AvgIpc) is 3.18. The van der Waals surface area contributed by atoms with Gasteiger partial charge in [-0.2, -0.15) is 0 Å². The summed E-state index contributed by atoms with van der Waals surface area (Å²) in [6.07, 6.45) is -2.76. The molecule has 1 amide bonds. The second kappa shape index (κ2) is 19.5. The molecule has 1 saturated heterocycles. The molecule has 5 aromatic carbocycles. The Balaban J connectivity index is 1.27. The van der Waals surface area contributed by atoms with Gasteiger partial charge in [-0.05, 0) is 34.2 Å². The van der Waals surface area contributed by atoms with Crippen molar-refractivity contribution in [3.8, 4) is 0 Å². The fraction of sp³-hybridized carbons (Fsp3) is 0.279. The lowest BCUT2D eigenvalue weighted by Gasteiger charge is -2.46. The lowest BCUT2D eigenvalue weighted by Crippen LogP contribution is -2.66. The van der Waals surface area contributed by atoms with E-state index in [2.05, 4.69) is 17.4 Å². The molecule has 0 aromatic heterocycles. The van der Waals surface area contributed by atoms with Crippen LogP contribution in [0.25, 0.3) is 0 Å². The van der Waals surface area contributed by atoms with Crippen molar-refractivity contribution in [3.05, 3.63) is 179 Å². The average molecular weight is 688 g/mol. The predicted octanol–water partition coefficient (Wildman–Crippen LogP) is 7.65. The normalized spacial score (nSPS) is 20.0. The molecule has 1 aliphatic rings. The molecule has 5 atom stereocenters. The van der Waals surface area contributed by atoms with Gasteiger partial charge in [0.15, 0.2) is 6.29 Å². The molecule has 1 heterocycles. The van der Waals surface area contributed by atoms with Gasteiger partial charge in [-0.1, -0.05) is 152 Å².